The summed E-state index contributed by atoms with van der Waals surface area (Å²) in [5, 5.41) is 0.323. The zero-order valence-corrected chi connectivity index (χ0v) is 19.5. The number of amides is 1. The Morgan fingerprint density at radius 1 is 1.15 bits per heavy atom. The number of halogens is 3. The molecule has 1 aromatic heterocycles. The van der Waals surface area contributed by atoms with E-state index >= 15 is 0 Å². The summed E-state index contributed by atoms with van der Waals surface area (Å²) in [6, 6.07) is 10.2. The van der Waals surface area contributed by atoms with Gasteiger partial charge in [-0.1, -0.05) is 43.9 Å². The predicted molar refractivity (Wildman–Crippen MR) is 121 cm³/mol. The van der Waals surface area contributed by atoms with E-state index in [2.05, 4.69) is 4.98 Å². The number of nitrogens with zero attached hydrogens (tertiary/aromatic N) is 1. The highest BCUT2D eigenvalue weighted by molar-refractivity contribution is 7.90. The molecular weight excluding hydrogens is 473 g/mol. The molecule has 2 aromatic carbocycles. The number of nitrogens with two attached hydrogens (primary N) is 1. The third-order valence-corrected chi connectivity index (χ3v) is 8.68. The van der Waals surface area contributed by atoms with E-state index in [0.717, 1.165) is 48.8 Å². The number of aromatic nitrogens is 1. The molecule has 1 heterocycles. The minimum atomic E-state index is -4.93. The van der Waals surface area contributed by atoms with Crippen LogP contribution in [-0.4, -0.2) is 25.6 Å². The lowest BCUT2D eigenvalue weighted by Crippen LogP contribution is -2.44. The first-order valence-electron chi connectivity index (χ1n) is 10.5. The number of hydrogen-bond donors (Lipinski definition) is 1. The van der Waals surface area contributed by atoms with Crippen LogP contribution < -0.4 is 5.73 Å². The summed E-state index contributed by atoms with van der Waals surface area (Å²) in [6.45, 7) is 0. The van der Waals surface area contributed by atoms with Gasteiger partial charge in [-0.3, -0.25) is 4.79 Å². The van der Waals surface area contributed by atoms with E-state index in [9.17, 15) is 26.4 Å². The van der Waals surface area contributed by atoms with Gasteiger partial charge >= 0.3 is 6.18 Å². The normalized spacial score (nSPS) is 17.3. The van der Waals surface area contributed by atoms with Gasteiger partial charge in [0.2, 0.25) is 5.91 Å². The quantitative estimate of drug-likeness (QED) is 0.516. The van der Waals surface area contributed by atoms with Crippen molar-refractivity contribution in [3.63, 3.8) is 0 Å². The van der Waals surface area contributed by atoms with Gasteiger partial charge in [-0.05, 0) is 42.2 Å². The van der Waals surface area contributed by atoms with Crippen LogP contribution in [0.5, 0.6) is 0 Å². The Morgan fingerprint density at radius 2 is 1.82 bits per heavy atom. The highest BCUT2D eigenvalue weighted by Gasteiger charge is 2.47. The number of sulfone groups is 1. The van der Waals surface area contributed by atoms with Crippen molar-refractivity contribution in [2.24, 2.45) is 11.7 Å². The maximum Gasteiger partial charge on any atom is 0.417 e. The molecule has 5 nitrogen and oxygen atoms in total. The van der Waals surface area contributed by atoms with Gasteiger partial charge in [-0.15, -0.1) is 11.3 Å². The summed E-state index contributed by atoms with van der Waals surface area (Å²) in [7, 11) is -4.16. The molecule has 0 radical (unpaired) electrons. The van der Waals surface area contributed by atoms with Gasteiger partial charge in [0.15, 0.2) is 9.84 Å². The van der Waals surface area contributed by atoms with Gasteiger partial charge in [0.1, 0.15) is 10.4 Å². The van der Waals surface area contributed by atoms with Crippen LogP contribution in [0.3, 0.4) is 0 Å². The molecule has 0 saturated heterocycles. The summed E-state index contributed by atoms with van der Waals surface area (Å²) < 4.78 is 66.7. The number of primary amides is 1. The van der Waals surface area contributed by atoms with Crippen molar-refractivity contribution >= 4 is 37.3 Å². The lowest BCUT2D eigenvalue weighted by molar-refractivity contribution is -0.140. The number of benzene rings is 2. The van der Waals surface area contributed by atoms with Gasteiger partial charge in [0.25, 0.3) is 0 Å². The number of alkyl halides is 3. The van der Waals surface area contributed by atoms with Crippen LogP contribution in [0.2, 0.25) is 0 Å². The molecule has 1 fully saturated rings. The topological polar surface area (TPSA) is 90.1 Å². The molecule has 176 valence electrons. The Labute approximate surface area is 193 Å². The number of rotatable bonds is 6. The van der Waals surface area contributed by atoms with Crippen LogP contribution in [0.4, 0.5) is 13.2 Å². The lowest BCUT2D eigenvalue weighted by Gasteiger charge is -2.32. The van der Waals surface area contributed by atoms with E-state index in [1.165, 1.54) is 17.4 Å². The first-order chi connectivity index (χ1) is 15.4. The molecule has 2 N–H and O–H groups in total. The Morgan fingerprint density at radius 3 is 2.39 bits per heavy atom. The SMILES string of the molecule is CS(=O)(=O)c1ccc(C(CC2CCCC2)(C(N)=O)c2nc3ccccc3s2)cc1C(F)(F)F. The molecular formula is C23H23F3N2O3S2. The third kappa shape index (κ3) is 4.38. The molecule has 1 aliphatic rings. The number of thiazole rings is 1. The molecule has 1 atom stereocenters. The molecule has 1 unspecified atom stereocenters. The number of hydrogen-bond acceptors (Lipinski definition) is 5. The smallest absolute Gasteiger partial charge is 0.369 e. The van der Waals surface area contributed by atoms with Crippen molar-refractivity contribution in [3.8, 4) is 0 Å². The van der Waals surface area contributed by atoms with Crippen molar-refractivity contribution in [1.29, 1.82) is 0 Å². The zero-order chi connectivity index (χ0) is 24.0. The van der Waals surface area contributed by atoms with Gasteiger partial charge in [0, 0.05) is 6.26 Å². The third-order valence-electron chi connectivity index (χ3n) is 6.33. The first kappa shape index (κ1) is 23.7. The summed E-state index contributed by atoms with van der Waals surface area (Å²) in [4.78, 5) is 16.9. The van der Waals surface area contributed by atoms with Gasteiger partial charge < -0.3 is 5.73 Å². The Kier molecular flexibility index (Phi) is 6.03. The van der Waals surface area contributed by atoms with Gasteiger partial charge in [-0.2, -0.15) is 13.2 Å². The Bertz CT molecular complexity index is 1280. The molecule has 4 rings (SSSR count). The van der Waals surface area contributed by atoms with Crippen molar-refractivity contribution < 1.29 is 26.4 Å². The number of fused-ring (bicyclic) bond motifs is 1. The average Bonchev–Trinajstić information content (AvgIpc) is 3.39. The molecule has 33 heavy (non-hydrogen) atoms. The second kappa shape index (κ2) is 8.39. The summed E-state index contributed by atoms with van der Waals surface area (Å²) in [6.07, 6.45) is -0.359. The Balaban J connectivity index is 2.01. The van der Waals surface area contributed by atoms with Crippen LogP contribution in [0, 0.1) is 5.92 Å². The molecule has 1 saturated carbocycles. The molecule has 0 bridgehead atoms. The van der Waals surface area contributed by atoms with E-state index in [1.807, 2.05) is 12.1 Å². The zero-order valence-electron chi connectivity index (χ0n) is 17.9. The van der Waals surface area contributed by atoms with E-state index in [-0.39, 0.29) is 17.9 Å². The molecule has 1 amide bonds. The van der Waals surface area contributed by atoms with Crippen molar-refractivity contribution in [3.05, 3.63) is 58.6 Å². The Hall–Kier alpha value is -2.46. The number of para-hydroxylation sites is 1. The fourth-order valence-electron chi connectivity index (χ4n) is 4.72. The summed E-state index contributed by atoms with van der Waals surface area (Å²) in [5.41, 5.74) is 3.68. The monoisotopic (exact) mass is 496 g/mol. The van der Waals surface area contributed by atoms with Crippen LogP contribution in [0.15, 0.2) is 47.4 Å². The van der Waals surface area contributed by atoms with E-state index in [1.54, 1.807) is 12.1 Å². The van der Waals surface area contributed by atoms with Gasteiger partial charge in [-0.25, -0.2) is 13.4 Å². The fourth-order valence-corrected chi connectivity index (χ4v) is 6.80. The van der Waals surface area contributed by atoms with E-state index < -0.39 is 37.8 Å². The van der Waals surface area contributed by atoms with Crippen molar-refractivity contribution in [2.45, 2.75) is 48.6 Å². The minimum absolute atomic E-state index is 0.0145. The van der Waals surface area contributed by atoms with Crippen LogP contribution in [-0.2, 0) is 26.2 Å². The lowest BCUT2D eigenvalue weighted by atomic mass is 9.72. The highest BCUT2D eigenvalue weighted by Crippen LogP contribution is 2.47. The predicted octanol–water partition coefficient (Wildman–Crippen LogP) is 5.07. The maximum absolute atomic E-state index is 13.9. The molecule has 0 spiro atoms. The van der Waals surface area contributed by atoms with Crippen LogP contribution >= 0.6 is 11.3 Å². The number of carbonyl (C=O) groups is 1. The maximum atomic E-state index is 13.9. The summed E-state index contributed by atoms with van der Waals surface area (Å²) >= 11 is 1.22. The van der Waals surface area contributed by atoms with Crippen LogP contribution in [0.25, 0.3) is 10.2 Å². The molecule has 0 aliphatic heterocycles. The largest absolute Gasteiger partial charge is 0.417 e. The second-order valence-electron chi connectivity index (χ2n) is 8.59. The summed E-state index contributed by atoms with van der Waals surface area (Å²) in [5.74, 6) is -0.706. The van der Waals surface area contributed by atoms with Crippen LogP contribution in [0.1, 0.15) is 48.2 Å². The molecule has 3 aromatic rings. The highest BCUT2D eigenvalue weighted by atomic mass is 32.2. The first-order valence-corrected chi connectivity index (χ1v) is 13.2. The minimum Gasteiger partial charge on any atom is -0.369 e. The second-order valence-corrected chi connectivity index (χ2v) is 11.6. The standard InChI is InChI=1S/C23H23F3N2O3S2/c1-33(30,31)19-11-10-15(12-16(19)23(24,25)26)22(20(27)29,13-14-6-2-3-7-14)21-28-17-8-4-5-9-18(17)32-21/h4-5,8-12,14H,2-3,6-7,13H2,1H3,(H2,27,29). The fraction of sp³-hybridized carbons (Fsp3) is 0.391. The van der Waals surface area contributed by atoms with E-state index in [4.69, 9.17) is 5.73 Å². The number of carbonyl (C=O) groups excluding carboxylic acids is 1. The molecule has 1 aliphatic carbocycles. The van der Waals surface area contributed by atoms with Gasteiger partial charge in [0.05, 0.1) is 20.7 Å². The van der Waals surface area contributed by atoms with E-state index in [0.29, 0.717) is 10.5 Å². The van der Waals surface area contributed by atoms with Crippen molar-refractivity contribution in [2.75, 3.05) is 6.26 Å². The van der Waals surface area contributed by atoms with Crippen molar-refractivity contribution in [1.82, 2.24) is 4.98 Å². The molecule has 10 heteroatoms. The average molecular weight is 497 g/mol.